The molecule has 2 aromatic rings. The lowest BCUT2D eigenvalue weighted by atomic mass is 10.1. The number of alkyl halides is 3. The van der Waals surface area contributed by atoms with Crippen LogP contribution in [0.15, 0.2) is 48.5 Å². The Kier molecular flexibility index (Phi) is 6.60. The fourth-order valence-corrected chi connectivity index (χ4v) is 2.42. The molecule has 1 atom stereocenters. The van der Waals surface area contributed by atoms with E-state index in [9.17, 15) is 22.8 Å². The molecule has 0 aliphatic rings. The van der Waals surface area contributed by atoms with Gasteiger partial charge in [-0.2, -0.15) is 13.2 Å². The van der Waals surface area contributed by atoms with Crippen LogP contribution in [0.4, 0.5) is 13.2 Å². The average molecular weight is 379 g/mol. The highest BCUT2D eigenvalue weighted by molar-refractivity contribution is 5.91. The van der Waals surface area contributed by atoms with Gasteiger partial charge in [0, 0.05) is 0 Å². The highest BCUT2D eigenvalue weighted by atomic mass is 19.4. The third-order valence-electron chi connectivity index (χ3n) is 4.05. The molecule has 1 unspecified atom stereocenters. The zero-order valence-corrected chi connectivity index (χ0v) is 15.0. The molecule has 0 spiro atoms. The molecule has 2 rings (SSSR count). The molecule has 0 saturated heterocycles. The molecular formula is C20H20F3NO3. The summed E-state index contributed by atoms with van der Waals surface area (Å²) in [6.45, 7) is 3.33. The summed E-state index contributed by atoms with van der Waals surface area (Å²) in [5, 5.41) is 2.70. The molecule has 0 heterocycles. The Labute approximate surface area is 155 Å². The van der Waals surface area contributed by atoms with Crippen LogP contribution in [0.5, 0.6) is 0 Å². The number of carbonyl (C=O) groups is 2. The number of aryl methyl sites for hydroxylation is 1. The first-order valence-electron chi connectivity index (χ1n) is 8.43. The van der Waals surface area contributed by atoms with Crippen LogP contribution in [0.2, 0.25) is 0 Å². The summed E-state index contributed by atoms with van der Waals surface area (Å²) in [7, 11) is 0. The first-order chi connectivity index (χ1) is 12.7. The van der Waals surface area contributed by atoms with Gasteiger partial charge in [0.15, 0.2) is 6.61 Å². The van der Waals surface area contributed by atoms with E-state index in [4.69, 9.17) is 4.74 Å². The Balaban J connectivity index is 1.86. The molecular weight excluding hydrogens is 359 g/mol. The lowest BCUT2D eigenvalue weighted by Gasteiger charge is -2.15. The van der Waals surface area contributed by atoms with Gasteiger partial charge in [0.2, 0.25) is 0 Å². The topological polar surface area (TPSA) is 55.4 Å². The molecule has 7 heteroatoms. The van der Waals surface area contributed by atoms with Crippen LogP contribution in [-0.2, 0) is 22.1 Å². The van der Waals surface area contributed by atoms with Crippen LogP contribution in [0.25, 0.3) is 0 Å². The van der Waals surface area contributed by atoms with Crippen molar-refractivity contribution in [2.75, 3.05) is 6.61 Å². The van der Waals surface area contributed by atoms with Gasteiger partial charge in [-0.3, -0.25) is 4.79 Å². The van der Waals surface area contributed by atoms with Crippen molar-refractivity contribution in [1.29, 1.82) is 0 Å². The van der Waals surface area contributed by atoms with E-state index in [1.807, 2.05) is 31.2 Å². The second-order valence-electron chi connectivity index (χ2n) is 6.04. The Morgan fingerprint density at radius 2 is 1.63 bits per heavy atom. The SMILES string of the molecule is CCc1ccc(C(C)NC(=O)COC(=O)c2ccc(C(F)(F)F)cc2)cc1. The van der Waals surface area contributed by atoms with E-state index in [1.54, 1.807) is 6.92 Å². The van der Waals surface area contributed by atoms with E-state index in [0.717, 1.165) is 36.2 Å². The molecule has 2 aromatic carbocycles. The minimum atomic E-state index is -4.48. The van der Waals surface area contributed by atoms with Crippen LogP contribution in [0.1, 0.15) is 46.9 Å². The van der Waals surface area contributed by atoms with Crippen molar-refractivity contribution in [3.63, 3.8) is 0 Å². The second kappa shape index (κ2) is 8.70. The molecule has 1 N–H and O–H groups in total. The molecule has 0 saturated carbocycles. The molecule has 0 radical (unpaired) electrons. The van der Waals surface area contributed by atoms with E-state index in [-0.39, 0.29) is 11.6 Å². The Morgan fingerprint density at radius 3 is 2.15 bits per heavy atom. The maximum atomic E-state index is 12.5. The van der Waals surface area contributed by atoms with Crippen LogP contribution in [0.3, 0.4) is 0 Å². The number of hydrogen-bond donors (Lipinski definition) is 1. The first kappa shape index (κ1) is 20.5. The smallest absolute Gasteiger partial charge is 0.416 e. The van der Waals surface area contributed by atoms with Gasteiger partial charge in [0.05, 0.1) is 17.2 Å². The number of hydrogen-bond acceptors (Lipinski definition) is 3. The van der Waals surface area contributed by atoms with Crippen molar-refractivity contribution in [2.45, 2.75) is 32.5 Å². The molecule has 0 fully saturated rings. The van der Waals surface area contributed by atoms with E-state index in [2.05, 4.69) is 5.32 Å². The minimum Gasteiger partial charge on any atom is -0.452 e. The Morgan fingerprint density at radius 1 is 1.04 bits per heavy atom. The number of rotatable bonds is 6. The van der Waals surface area contributed by atoms with E-state index in [0.29, 0.717) is 0 Å². The summed E-state index contributed by atoms with van der Waals surface area (Å²) in [6, 6.07) is 11.1. The number of nitrogens with one attached hydrogen (secondary N) is 1. The van der Waals surface area contributed by atoms with Crippen molar-refractivity contribution in [3.8, 4) is 0 Å². The summed E-state index contributed by atoms with van der Waals surface area (Å²) in [5.41, 5.74) is 1.18. The summed E-state index contributed by atoms with van der Waals surface area (Å²) in [5.74, 6) is -1.36. The Hall–Kier alpha value is -2.83. The number of amides is 1. The van der Waals surface area contributed by atoms with Crippen LogP contribution in [-0.4, -0.2) is 18.5 Å². The van der Waals surface area contributed by atoms with Gasteiger partial charge in [0.1, 0.15) is 0 Å². The Bertz CT molecular complexity index is 784. The van der Waals surface area contributed by atoms with Crippen LogP contribution >= 0.6 is 0 Å². The summed E-state index contributed by atoms with van der Waals surface area (Å²) >= 11 is 0. The fraction of sp³-hybridized carbons (Fsp3) is 0.300. The van der Waals surface area contributed by atoms with Gasteiger partial charge in [-0.05, 0) is 48.7 Å². The lowest BCUT2D eigenvalue weighted by Crippen LogP contribution is -2.31. The van der Waals surface area contributed by atoms with Gasteiger partial charge in [0.25, 0.3) is 5.91 Å². The number of halogens is 3. The number of carbonyl (C=O) groups excluding carboxylic acids is 2. The highest BCUT2D eigenvalue weighted by Crippen LogP contribution is 2.29. The zero-order chi connectivity index (χ0) is 20.0. The normalized spacial score (nSPS) is 12.3. The third kappa shape index (κ3) is 5.84. The second-order valence-corrected chi connectivity index (χ2v) is 6.04. The van der Waals surface area contributed by atoms with Gasteiger partial charge in [-0.1, -0.05) is 31.2 Å². The standard InChI is InChI=1S/C20H20F3NO3/c1-3-14-4-6-15(7-5-14)13(2)24-18(25)12-27-19(26)16-8-10-17(11-9-16)20(21,22)23/h4-11,13H,3,12H2,1-2H3,(H,24,25). The molecule has 0 aromatic heterocycles. The van der Waals surface area contributed by atoms with Crippen molar-refractivity contribution in [3.05, 3.63) is 70.8 Å². The van der Waals surface area contributed by atoms with Crippen molar-refractivity contribution in [2.24, 2.45) is 0 Å². The largest absolute Gasteiger partial charge is 0.452 e. The van der Waals surface area contributed by atoms with Gasteiger partial charge < -0.3 is 10.1 Å². The lowest BCUT2D eigenvalue weighted by molar-refractivity contribution is -0.137. The monoisotopic (exact) mass is 379 g/mol. The average Bonchev–Trinajstić information content (AvgIpc) is 2.65. The van der Waals surface area contributed by atoms with Crippen LogP contribution < -0.4 is 5.32 Å². The molecule has 27 heavy (non-hydrogen) atoms. The molecule has 4 nitrogen and oxygen atoms in total. The van der Waals surface area contributed by atoms with Crippen molar-refractivity contribution < 1.29 is 27.5 Å². The molecule has 0 aliphatic carbocycles. The van der Waals surface area contributed by atoms with Gasteiger partial charge >= 0.3 is 12.1 Å². The van der Waals surface area contributed by atoms with E-state index < -0.39 is 30.2 Å². The predicted molar refractivity (Wildman–Crippen MR) is 94.1 cm³/mol. The quantitative estimate of drug-likeness (QED) is 0.762. The highest BCUT2D eigenvalue weighted by Gasteiger charge is 2.30. The maximum Gasteiger partial charge on any atom is 0.416 e. The third-order valence-corrected chi connectivity index (χ3v) is 4.05. The van der Waals surface area contributed by atoms with E-state index >= 15 is 0 Å². The number of ether oxygens (including phenoxy) is 1. The fourth-order valence-electron chi connectivity index (χ4n) is 2.42. The molecule has 1 amide bonds. The van der Waals surface area contributed by atoms with Crippen LogP contribution in [0, 0.1) is 0 Å². The van der Waals surface area contributed by atoms with E-state index in [1.165, 1.54) is 5.56 Å². The van der Waals surface area contributed by atoms with Crippen molar-refractivity contribution >= 4 is 11.9 Å². The first-order valence-corrected chi connectivity index (χ1v) is 8.43. The minimum absolute atomic E-state index is 0.0565. The molecule has 144 valence electrons. The number of esters is 1. The predicted octanol–water partition coefficient (Wildman–Crippen LogP) is 4.30. The summed E-state index contributed by atoms with van der Waals surface area (Å²) in [6.07, 6.45) is -3.56. The van der Waals surface area contributed by atoms with Gasteiger partial charge in [-0.25, -0.2) is 4.79 Å². The maximum absolute atomic E-state index is 12.5. The van der Waals surface area contributed by atoms with Crippen molar-refractivity contribution in [1.82, 2.24) is 5.32 Å². The number of benzene rings is 2. The molecule has 0 bridgehead atoms. The van der Waals surface area contributed by atoms with Gasteiger partial charge in [-0.15, -0.1) is 0 Å². The summed E-state index contributed by atoms with van der Waals surface area (Å²) < 4.78 is 42.4. The zero-order valence-electron chi connectivity index (χ0n) is 15.0. The molecule has 0 aliphatic heterocycles. The summed E-state index contributed by atoms with van der Waals surface area (Å²) in [4.78, 5) is 23.8.